The van der Waals surface area contributed by atoms with Crippen molar-refractivity contribution in [2.24, 2.45) is 5.41 Å². The molecule has 1 aliphatic heterocycles. The number of para-hydroxylation sites is 1. The highest BCUT2D eigenvalue weighted by Crippen LogP contribution is 2.47. The van der Waals surface area contributed by atoms with Gasteiger partial charge in [-0.25, -0.2) is 8.42 Å². The van der Waals surface area contributed by atoms with Crippen LogP contribution < -0.4 is 4.31 Å². The summed E-state index contributed by atoms with van der Waals surface area (Å²) in [4.78, 5) is 40.3. The molecule has 4 rings (SSSR count). The number of hydrogen-bond acceptors (Lipinski definition) is 7. The molecule has 9 heteroatoms. The minimum atomic E-state index is -4.36. The first-order valence-electron chi connectivity index (χ1n) is 11.6. The van der Waals surface area contributed by atoms with Crippen molar-refractivity contribution in [3.8, 4) is 0 Å². The maximum atomic E-state index is 14.2. The van der Waals surface area contributed by atoms with Crippen LogP contribution >= 0.6 is 0 Å². The molecule has 0 aromatic heterocycles. The third-order valence-electron chi connectivity index (χ3n) is 6.70. The molecule has 0 saturated carbocycles. The molecule has 0 fully saturated rings. The highest BCUT2D eigenvalue weighted by molar-refractivity contribution is 7.92. The Morgan fingerprint density at radius 3 is 2.03 bits per heavy atom. The Hall–Kier alpha value is -3.98. The van der Waals surface area contributed by atoms with Crippen molar-refractivity contribution in [1.29, 1.82) is 0 Å². The van der Waals surface area contributed by atoms with Crippen LogP contribution in [0.25, 0.3) is 0 Å². The van der Waals surface area contributed by atoms with E-state index >= 15 is 0 Å². The number of carbonyl (C=O) groups excluding carboxylic acids is 3. The predicted molar refractivity (Wildman–Crippen MR) is 137 cm³/mol. The zero-order valence-electron chi connectivity index (χ0n) is 20.7. The number of esters is 2. The summed E-state index contributed by atoms with van der Waals surface area (Å²) in [5, 5.41) is 0. The maximum Gasteiger partial charge on any atom is 0.325 e. The van der Waals surface area contributed by atoms with Crippen LogP contribution in [0.5, 0.6) is 0 Å². The lowest BCUT2D eigenvalue weighted by molar-refractivity contribution is -0.171. The molecule has 1 unspecified atom stereocenters. The van der Waals surface area contributed by atoms with E-state index in [1.54, 1.807) is 66.7 Å². The van der Waals surface area contributed by atoms with Gasteiger partial charge in [0.05, 0.1) is 30.8 Å². The average molecular weight is 522 g/mol. The molecule has 1 aliphatic rings. The van der Waals surface area contributed by atoms with Gasteiger partial charge in [0.25, 0.3) is 10.0 Å². The fourth-order valence-electron chi connectivity index (χ4n) is 4.82. The number of rotatable bonds is 7. The van der Waals surface area contributed by atoms with Crippen LogP contribution in [0.3, 0.4) is 0 Å². The second-order valence-electron chi connectivity index (χ2n) is 8.88. The summed E-state index contributed by atoms with van der Waals surface area (Å²) < 4.78 is 39.6. The van der Waals surface area contributed by atoms with Gasteiger partial charge in [0.15, 0.2) is 11.2 Å². The molecule has 0 amide bonds. The molecule has 1 heterocycles. The fourth-order valence-corrected chi connectivity index (χ4v) is 6.55. The van der Waals surface area contributed by atoms with E-state index in [0.717, 1.165) is 24.1 Å². The van der Waals surface area contributed by atoms with Crippen LogP contribution in [0.15, 0.2) is 83.8 Å². The second kappa shape index (κ2) is 10.2. The van der Waals surface area contributed by atoms with Gasteiger partial charge < -0.3 is 9.47 Å². The van der Waals surface area contributed by atoms with Crippen LogP contribution in [-0.4, -0.2) is 46.4 Å². The summed E-state index contributed by atoms with van der Waals surface area (Å²) in [6.45, 7) is 1.83. The van der Waals surface area contributed by atoms with Gasteiger partial charge in [0.1, 0.15) is 0 Å². The van der Waals surface area contributed by atoms with E-state index in [2.05, 4.69) is 0 Å². The Morgan fingerprint density at radius 2 is 1.43 bits per heavy atom. The molecule has 0 spiro atoms. The Balaban J connectivity index is 2.01. The smallest absolute Gasteiger partial charge is 0.325 e. The average Bonchev–Trinajstić information content (AvgIpc) is 2.92. The number of sulfonamides is 1. The van der Waals surface area contributed by atoms with E-state index in [9.17, 15) is 22.8 Å². The fraction of sp³-hybridized carbons (Fsp3) is 0.250. The molecule has 37 heavy (non-hydrogen) atoms. The van der Waals surface area contributed by atoms with Gasteiger partial charge in [-0.05, 0) is 30.7 Å². The van der Waals surface area contributed by atoms with E-state index in [1.807, 2.05) is 6.92 Å². The van der Waals surface area contributed by atoms with Crippen molar-refractivity contribution < 1.29 is 32.3 Å². The first-order valence-corrected chi connectivity index (χ1v) is 13.0. The van der Waals surface area contributed by atoms with E-state index in [-0.39, 0.29) is 17.0 Å². The van der Waals surface area contributed by atoms with Crippen molar-refractivity contribution in [2.45, 2.75) is 30.7 Å². The summed E-state index contributed by atoms with van der Waals surface area (Å²) in [7, 11) is -2.13. The number of nitrogens with zero attached hydrogens (tertiary/aromatic N) is 1. The van der Waals surface area contributed by atoms with E-state index in [4.69, 9.17) is 9.47 Å². The minimum Gasteiger partial charge on any atom is -0.468 e. The molecule has 0 saturated heterocycles. The van der Waals surface area contributed by atoms with Crippen molar-refractivity contribution in [2.75, 3.05) is 18.5 Å². The molecule has 8 nitrogen and oxygen atoms in total. The van der Waals surface area contributed by atoms with E-state index < -0.39 is 45.6 Å². The lowest BCUT2D eigenvalue weighted by Crippen LogP contribution is -2.63. The number of ether oxygens (including phenoxy) is 2. The van der Waals surface area contributed by atoms with Crippen LogP contribution in [0.2, 0.25) is 0 Å². The number of methoxy groups -OCH3 is 2. The van der Waals surface area contributed by atoms with Crippen LogP contribution in [0, 0.1) is 12.3 Å². The zero-order valence-corrected chi connectivity index (χ0v) is 21.5. The number of carbonyl (C=O) groups is 3. The largest absolute Gasteiger partial charge is 0.468 e. The normalized spacial score (nSPS) is 16.4. The SMILES string of the molecule is COC(=O)C1(C(=O)OC)Cc2ccccc2N(S(=O)(=O)c2ccc(C)cc2)C1CC(=O)c1ccccc1. The monoisotopic (exact) mass is 521 g/mol. The highest BCUT2D eigenvalue weighted by Gasteiger charge is 2.62. The minimum absolute atomic E-state index is 0.0457. The number of benzene rings is 3. The first kappa shape index (κ1) is 26.1. The van der Waals surface area contributed by atoms with Crippen molar-refractivity contribution in [1.82, 2.24) is 0 Å². The summed E-state index contributed by atoms with van der Waals surface area (Å²) >= 11 is 0. The number of Topliss-reactive ketones (excluding diaryl/α,β-unsaturated/α-hetero) is 1. The van der Waals surface area contributed by atoms with Crippen LogP contribution in [0.1, 0.15) is 27.9 Å². The number of ketones is 1. The summed E-state index contributed by atoms with van der Waals surface area (Å²) in [5.41, 5.74) is -0.250. The molecule has 1 atom stereocenters. The molecular formula is C28H27NO7S. The third kappa shape index (κ3) is 4.51. The standard InChI is InChI=1S/C28H27NO7S/c1-19-13-15-22(16-14-19)37(33,34)29-23-12-8-7-11-21(23)18-28(26(31)35-2,27(32)36-3)25(29)17-24(30)20-9-5-4-6-10-20/h4-16,25H,17-18H2,1-3H3. The Morgan fingerprint density at radius 1 is 0.865 bits per heavy atom. The molecule has 3 aromatic rings. The third-order valence-corrected chi connectivity index (χ3v) is 8.54. The summed E-state index contributed by atoms with van der Waals surface area (Å²) in [5.74, 6) is -2.40. The van der Waals surface area contributed by atoms with Gasteiger partial charge in [0, 0.05) is 18.4 Å². The van der Waals surface area contributed by atoms with Crippen molar-refractivity contribution in [3.63, 3.8) is 0 Å². The number of aryl methyl sites for hydroxylation is 1. The lowest BCUT2D eigenvalue weighted by Gasteiger charge is -2.46. The topological polar surface area (TPSA) is 107 Å². The van der Waals surface area contributed by atoms with Gasteiger partial charge in [0.2, 0.25) is 0 Å². The molecular weight excluding hydrogens is 494 g/mol. The summed E-state index contributed by atoms with van der Waals surface area (Å²) in [6.07, 6.45) is -0.664. The second-order valence-corrected chi connectivity index (χ2v) is 10.7. The Labute approximate surface area is 215 Å². The van der Waals surface area contributed by atoms with Gasteiger partial charge >= 0.3 is 11.9 Å². The number of hydrogen-bond donors (Lipinski definition) is 0. The molecule has 3 aromatic carbocycles. The highest BCUT2D eigenvalue weighted by atomic mass is 32.2. The maximum absolute atomic E-state index is 14.2. The van der Waals surface area contributed by atoms with Crippen LogP contribution in [-0.2, 0) is 35.5 Å². The zero-order chi connectivity index (χ0) is 26.8. The molecule has 0 aliphatic carbocycles. The number of anilines is 1. The van der Waals surface area contributed by atoms with E-state index in [1.165, 1.54) is 12.1 Å². The van der Waals surface area contributed by atoms with Crippen molar-refractivity contribution in [3.05, 3.63) is 95.6 Å². The van der Waals surface area contributed by atoms with Gasteiger partial charge in [-0.15, -0.1) is 0 Å². The van der Waals surface area contributed by atoms with E-state index in [0.29, 0.717) is 11.1 Å². The number of fused-ring (bicyclic) bond motifs is 1. The van der Waals surface area contributed by atoms with Gasteiger partial charge in [-0.2, -0.15) is 0 Å². The van der Waals surface area contributed by atoms with Crippen LogP contribution in [0.4, 0.5) is 5.69 Å². The Bertz CT molecular complexity index is 1420. The lowest BCUT2D eigenvalue weighted by atomic mass is 9.70. The quantitative estimate of drug-likeness (QED) is 0.265. The molecule has 0 radical (unpaired) electrons. The molecule has 192 valence electrons. The molecule has 0 N–H and O–H groups in total. The Kier molecular flexibility index (Phi) is 7.18. The molecule has 0 bridgehead atoms. The first-order chi connectivity index (χ1) is 17.7. The van der Waals surface area contributed by atoms with Crippen molar-refractivity contribution >= 4 is 33.4 Å². The summed E-state index contributed by atoms with van der Waals surface area (Å²) in [6, 6.07) is 19.6. The van der Waals surface area contributed by atoms with Gasteiger partial charge in [-0.1, -0.05) is 66.2 Å². The van der Waals surface area contributed by atoms with Gasteiger partial charge in [-0.3, -0.25) is 18.7 Å². The predicted octanol–water partition coefficient (Wildman–Crippen LogP) is 3.72.